The average Bonchev–Trinajstić information content (AvgIpc) is 3.21. The molecule has 0 bridgehead atoms. The Bertz CT molecular complexity index is 926. The van der Waals surface area contributed by atoms with Crippen LogP contribution in [0.2, 0.25) is 0 Å². The van der Waals surface area contributed by atoms with Gasteiger partial charge in [0.15, 0.2) is 6.29 Å². The maximum absolute atomic E-state index is 13.1. The van der Waals surface area contributed by atoms with Crippen LogP contribution in [0.5, 0.6) is 0 Å². The first-order valence-corrected chi connectivity index (χ1v) is 24.3. The summed E-state index contributed by atoms with van der Waals surface area (Å²) in [5, 5.41) is 75.7. The van der Waals surface area contributed by atoms with Crippen LogP contribution in [0.25, 0.3) is 0 Å². The van der Waals surface area contributed by atoms with E-state index in [1.54, 1.807) is 0 Å². The van der Waals surface area contributed by atoms with E-state index in [0.717, 1.165) is 44.4 Å². The molecule has 11 nitrogen and oxygen atoms in total. The van der Waals surface area contributed by atoms with Crippen molar-refractivity contribution in [2.75, 3.05) is 13.2 Å². The van der Waals surface area contributed by atoms with Crippen molar-refractivity contribution in [3.05, 3.63) is 0 Å². The van der Waals surface area contributed by atoms with Crippen molar-refractivity contribution < 1.29 is 50.0 Å². The predicted octanol–water partition coefficient (Wildman–Crippen LogP) is 8.14. The van der Waals surface area contributed by atoms with Crippen LogP contribution >= 0.6 is 0 Å². The molecule has 1 rings (SSSR count). The molecule has 9 atom stereocenters. The molecule has 0 aliphatic carbocycles. The van der Waals surface area contributed by atoms with E-state index in [4.69, 9.17) is 9.47 Å². The van der Waals surface area contributed by atoms with Gasteiger partial charge < -0.3 is 50.5 Å². The Morgan fingerprint density at radius 3 is 1.38 bits per heavy atom. The zero-order chi connectivity index (χ0) is 42.8. The fourth-order valence-corrected chi connectivity index (χ4v) is 8.04. The summed E-state index contributed by atoms with van der Waals surface area (Å²) in [4.78, 5) is 13.1. The zero-order valence-corrected chi connectivity index (χ0v) is 37.5. The number of unbranched alkanes of at least 4 members (excludes halogenated alkanes) is 26. The number of rotatable bonds is 40. The molecule has 346 valence electrons. The van der Waals surface area contributed by atoms with E-state index in [1.807, 2.05) is 0 Å². The van der Waals surface area contributed by atoms with Crippen LogP contribution in [0.1, 0.15) is 220 Å². The SMILES string of the molecule is CCCCCCCCCCCCCCCCCCCCC[C@@H](O)C(=O)N[C@@H](CO[C@H]1O[C@H](CO)[C@H](O)[C@H](O)[C@H]1O)[C@H](O)[C@H](O)CCCCCCCCCCCC(C)C. The second kappa shape index (κ2) is 36.7. The molecule has 0 spiro atoms. The van der Waals surface area contributed by atoms with Crippen molar-refractivity contribution in [2.45, 2.75) is 275 Å². The summed E-state index contributed by atoms with van der Waals surface area (Å²) in [6, 6.07) is -1.16. The van der Waals surface area contributed by atoms with Crippen LogP contribution in [0, 0.1) is 5.92 Å². The summed E-state index contributed by atoms with van der Waals surface area (Å²) >= 11 is 0. The van der Waals surface area contributed by atoms with E-state index in [9.17, 15) is 40.5 Å². The van der Waals surface area contributed by atoms with E-state index in [-0.39, 0.29) is 6.42 Å². The van der Waals surface area contributed by atoms with Gasteiger partial charge in [-0.15, -0.1) is 0 Å². The Hall–Kier alpha value is -0.890. The van der Waals surface area contributed by atoms with Crippen molar-refractivity contribution in [3.8, 4) is 0 Å². The van der Waals surface area contributed by atoms with Gasteiger partial charge in [0.1, 0.15) is 36.6 Å². The van der Waals surface area contributed by atoms with E-state index in [2.05, 4.69) is 26.1 Å². The number of carbonyl (C=O) groups is 1. The topological polar surface area (TPSA) is 189 Å². The van der Waals surface area contributed by atoms with E-state index in [1.165, 1.54) is 135 Å². The quantitative estimate of drug-likeness (QED) is 0.0280. The first kappa shape index (κ1) is 55.1. The smallest absolute Gasteiger partial charge is 0.249 e. The summed E-state index contributed by atoms with van der Waals surface area (Å²) in [6.45, 7) is 5.74. The Morgan fingerprint density at radius 2 is 0.966 bits per heavy atom. The monoisotopic (exact) mass is 832 g/mol. The fourth-order valence-electron chi connectivity index (χ4n) is 8.04. The highest BCUT2D eigenvalue weighted by atomic mass is 16.7. The number of hydrogen-bond donors (Lipinski definition) is 8. The van der Waals surface area contributed by atoms with Crippen LogP contribution in [0.15, 0.2) is 0 Å². The number of ether oxygens (including phenoxy) is 2. The number of hydrogen-bond acceptors (Lipinski definition) is 10. The van der Waals surface area contributed by atoms with Gasteiger partial charge in [0.25, 0.3) is 0 Å². The molecule has 8 N–H and O–H groups in total. The third kappa shape index (κ3) is 27.1. The molecule has 0 aromatic heterocycles. The van der Waals surface area contributed by atoms with E-state index < -0.39 is 74.2 Å². The molecule has 1 fully saturated rings. The van der Waals surface area contributed by atoms with Gasteiger partial charge in [-0.05, 0) is 18.8 Å². The molecule has 11 heteroatoms. The number of aliphatic hydroxyl groups is 7. The molecule has 1 aliphatic rings. The van der Waals surface area contributed by atoms with Crippen molar-refractivity contribution in [1.82, 2.24) is 5.32 Å². The van der Waals surface area contributed by atoms with Crippen LogP contribution < -0.4 is 5.32 Å². The van der Waals surface area contributed by atoms with Gasteiger partial charge in [-0.25, -0.2) is 0 Å². The first-order chi connectivity index (χ1) is 28.0. The highest BCUT2D eigenvalue weighted by Crippen LogP contribution is 2.23. The highest BCUT2D eigenvalue weighted by Gasteiger charge is 2.44. The minimum atomic E-state index is -1.66. The third-order valence-corrected chi connectivity index (χ3v) is 12.1. The molecule has 1 heterocycles. The van der Waals surface area contributed by atoms with Crippen molar-refractivity contribution in [3.63, 3.8) is 0 Å². The molecule has 1 amide bonds. The number of aliphatic hydroxyl groups excluding tert-OH is 7. The van der Waals surface area contributed by atoms with Crippen LogP contribution in [0.4, 0.5) is 0 Å². The minimum Gasteiger partial charge on any atom is -0.394 e. The fraction of sp³-hybridized carbons (Fsp3) is 0.979. The Labute approximate surface area is 354 Å². The van der Waals surface area contributed by atoms with Gasteiger partial charge in [0.05, 0.1) is 25.4 Å². The molecule has 0 radical (unpaired) electrons. The van der Waals surface area contributed by atoms with Crippen LogP contribution in [-0.4, -0.2) is 110 Å². The molecule has 0 aromatic carbocycles. The van der Waals surface area contributed by atoms with Gasteiger partial charge in [-0.2, -0.15) is 0 Å². The molecule has 1 aliphatic heterocycles. The summed E-state index contributed by atoms with van der Waals surface area (Å²) < 4.78 is 11.1. The molecular formula is C47H93NO10. The van der Waals surface area contributed by atoms with Gasteiger partial charge in [-0.3, -0.25) is 4.79 Å². The summed E-state index contributed by atoms with van der Waals surface area (Å²) in [7, 11) is 0. The standard InChI is InChI=1S/C47H93NO10/c1-4-5-6-7-8-9-10-11-12-13-14-15-16-17-18-21-25-28-31-34-40(51)46(56)48-38(36-57-47-45(55)44(54)43(53)41(35-49)58-47)42(52)39(50)33-30-27-24-22-19-20-23-26-29-32-37(2)3/h37-45,47,49-55H,4-36H2,1-3H3,(H,48,56)/t38-,39+,40+,41+,42-,43-,44-,45+,47-/m0/s1. The van der Waals surface area contributed by atoms with Crippen LogP contribution in [0.3, 0.4) is 0 Å². The van der Waals surface area contributed by atoms with Gasteiger partial charge >= 0.3 is 0 Å². The number of carbonyl (C=O) groups excluding carboxylic acids is 1. The van der Waals surface area contributed by atoms with Gasteiger partial charge in [-0.1, -0.05) is 207 Å². The normalized spacial score (nSPS) is 21.9. The number of nitrogens with one attached hydrogen (secondary N) is 1. The average molecular weight is 832 g/mol. The summed E-state index contributed by atoms with van der Waals surface area (Å²) in [5.74, 6) is 0.0698. The molecule has 1 saturated heterocycles. The Kier molecular flexibility index (Phi) is 34.9. The van der Waals surface area contributed by atoms with E-state index >= 15 is 0 Å². The minimum absolute atomic E-state index is 0.265. The lowest BCUT2D eigenvalue weighted by Gasteiger charge is -2.40. The first-order valence-electron chi connectivity index (χ1n) is 24.3. The lowest BCUT2D eigenvalue weighted by atomic mass is 9.98. The summed E-state index contributed by atoms with van der Waals surface area (Å²) in [5.41, 5.74) is 0. The molecule has 58 heavy (non-hydrogen) atoms. The molecular weight excluding hydrogens is 739 g/mol. The van der Waals surface area contributed by atoms with Crippen molar-refractivity contribution in [2.24, 2.45) is 5.92 Å². The largest absolute Gasteiger partial charge is 0.394 e. The second-order valence-corrected chi connectivity index (χ2v) is 18.0. The number of amides is 1. The lowest BCUT2D eigenvalue weighted by Crippen LogP contribution is -2.60. The van der Waals surface area contributed by atoms with Crippen molar-refractivity contribution >= 4 is 5.91 Å². The Balaban J connectivity index is 2.39. The van der Waals surface area contributed by atoms with Gasteiger partial charge in [0, 0.05) is 0 Å². The molecule has 0 unspecified atom stereocenters. The maximum Gasteiger partial charge on any atom is 0.249 e. The maximum atomic E-state index is 13.1. The highest BCUT2D eigenvalue weighted by molar-refractivity contribution is 5.80. The third-order valence-electron chi connectivity index (χ3n) is 12.1. The molecule has 0 saturated carbocycles. The van der Waals surface area contributed by atoms with E-state index in [0.29, 0.717) is 19.3 Å². The lowest BCUT2D eigenvalue weighted by molar-refractivity contribution is -0.303. The second-order valence-electron chi connectivity index (χ2n) is 18.0. The predicted molar refractivity (Wildman–Crippen MR) is 233 cm³/mol. The van der Waals surface area contributed by atoms with Crippen LogP contribution in [-0.2, 0) is 14.3 Å². The molecule has 0 aromatic rings. The van der Waals surface area contributed by atoms with Gasteiger partial charge in [0.2, 0.25) is 5.91 Å². The zero-order valence-electron chi connectivity index (χ0n) is 37.5. The summed E-state index contributed by atoms with van der Waals surface area (Å²) in [6.07, 6.45) is 24.5. The Morgan fingerprint density at radius 1 is 0.569 bits per heavy atom. The van der Waals surface area contributed by atoms with Crippen molar-refractivity contribution in [1.29, 1.82) is 0 Å².